The highest BCUT2D eigenvalue weighted by atomic mass is 16.5. The Hall–Kier alpha value is -2.10. The van der Waals surface area contributed by atoms with Crippen molar-refractivity contribution in [2.45, 2.75) is 20.3 Å². The molecule has 0 spiro atoms. The molecule has 3 rings (SSSR count). The smallest absolute Gasteiger partial charge is 0.230 e. The largest absolute Gasteiger partial charge is 0.497 e. The molecule has 1 aliphatic rings. The van der Waals surface area contributed by atoms with E-state index in [-0.39, 0.29) is 11.8 Å². The Morgan fingerprint density at radius 1 is 1.35 bits per heavy atom. The molecule has 0 saturated carbocycles. The topological polar surface area (TPSA) is 42.4 Å². The van der Waals surface area contributed by atoms with Crippen LogP contribution in [-0.4, -0.2) is 24.5 Å². The lowest BCUT2D eigenvalue weighted by atomic mass is 10.1. The summed E-state index contributed by atoms with van der Waals surface area (Å²) >= 11 is 0. The number of methoxy groups -OCH3 is 1. The molecular weight excluding hydrogens is 252 g/mol. The maximum Gasteiger partial charge on any atom is 0.230 e. The minimum Gasteiger partial charge on any atom is -0.497 e. The predicted molar refractivity (Wildman–Crippen MR) is 79.2 cm³/mol. The van der Waals surface area contributed by atoms with E-state index in [4.69, 9.17) is 4.74 Å². The van der Waals surface area contributed by atoms with Crippen molar-refractivity contribution in [3.05, 3.63) is 29.8 Å². The molecule has 0 N–H and O–H groups in total. The fourth-order valence-electron chi connectivity index (χ4n) is 2.59. The molecule has 104 valence electrons. The molecule has 0 bridgehead atoms. The Balaban J connectivity index is 2.10. The summed E-state index contributed by atoms with van der Waals surface area (Å²) in [4.78, 5) is 18.7. The zero-order valence-electron chi connectivity index (χ0n) is 12.0. The first-order valence-electron chi connectivity index (χ1n) is 6.89. The van der Waals surface area contributed by atoms with Crippen LogP contribution in [-0.2, 0) is 11.2 Å². The molecule has 2 aromatic rings. The van der Waals surface area contributed by atoms with Gasteiger partial charge in [0, 0.05) is 23.9 Å². The maximum absolute atomic E-state index is 12.2. The molecule has 0 radical (unpaired) electrons. The Morgan fingerprint density at radius 3 is 2.85 bits per heavy atom. The zero-order valence-corrected chi connectivity index (χ0v) is 12.0. The Labute approximate surface area is 118 Å². The van der Waals surface area contributed by atoms with Crippen LogP contribution in [0.25, 0.3) is 10.9 Å². The van der Waals surface area contributed by atoms with Crippen LogP contribution in [0, 0.1) is 5.92 Å². The van der Waals surface area contributed by atoms with Crippen LogP contribution in [0.5, 0.6) is 5.75 Å². The first-order valence-corrected chi connectivity index (χ1v) is 6.89. The molecule has 2 heterocycles. The monoisotopic (exact) mass is 270 g/mol. The molecule has 4 heteroatoms. The van der Waals surface area contributed by atoms with Gasteiger partial charge in [0.05, 0.1) is 12.6 Å². The summed E-state index contributed by atoms with van der Waals surface area (Å²) in [6, 6.07) is 7.98. The van der Waals surface area contributed by atoms with Crippen LogP contribution < -0.4 is 9.64 Å². The minimum absolute atomic E-state index is 0.0104. The minimum atomic E-state index is -0.0104. The maximum atomic E-state index is 12.2. The second kappa shape index (κ2) is 4.78. The van der Waals surface area contributed by atoms with Gasteiger partial charge in [-0.1, -0.05) is 13.8 Å². The third-order valence-electron chi connectivity index (χ3n) is 3.70. The van der Waals surface area contributed by atoms with Gasteiger partial charge in [-0.15, -0.1) is 0 Å². The van der Waals surface area contributed by atoms with Crippen molar-refractivity contribution < 1.29 is 9.53 Å². The van der Waals surface area contributed by atoms with Gasteiger partial charge >= 0.3 is 0 Å². The van der Waals surface area contributed by atoms with Gasteiger partial charge in [0.15, 0.2) is 0 Å². The van der Waals surface area contributed by atoms with Crippen molar-refractivity contribution in [3.63, 3.8) is 0 Å². The van der Waals surface area contributed by atoms with E-state index >= 15 is 0 Å². The van der Waals surface area contributed by atoms with Crippen molar-refractivity contribution in [1.82, 2.24) is 4.98 Å². The van der Waals surface area contributed by atoms with E-state index < -0.39 is 0 Å². The lowest BCUT2D eigenvalue weighted by Crippen LogP contribution is -2.33. The molecule has 4 nitrogen and oxygen atoms in total. The van der Waals surface area contributed by atoms with E-state index in [0.717, 1.165) is 41.0 Å². The lowest BCUT2D eigenvalue weighted by Gasteiger charge is -2.18. The molecule has 0 atom stereocenters. The number of amides is 1. The molecule has 0 saturated heterocycles. The Kier molecular flexibility index (Phi) is 3.08. The number of carbonyl (C=O) groups excluding carboxylic acids is 1. The van der Waals surface area contributed by atoms with Crippen LogP contribution in [0.4, 0.5) is 5.82 Å². The van der Waals surface area contributed by atoms with Crippen LogP contribution >= 0.6 is 0 Å². The average molecular weight is 270 g/mol. The number of ether oxygens (including phenoxy) is 1. The van der Waals surface area contributed by atoms with Gasteiger partial charge in [-0.3, -0.25) is 9.69 Å². The highest BCUT2D eigenvalue weighted by Gasteiger charge is 2.28. The highest BCUT2D eigenvalue weighted by molar-refractivity contribution is 5.97. The number of carbonyl (C=O) groups is 1. The molecule has 1 aromatic heterocycles. The number of pyridine rings is 1. The average Bonchev–Trinajstić information content (AvgIpc) is 2.85. The molecule has 1 amide bonds. The zero-order chi connectivity index (χ0) is 14.3. The second-order valence-electron chi connectivity index (χ2n) is 5.42. The van der Waals surface area contributed by atoms with Crippen LogP contribution in [0.15, 0.2) is 24.3 Å². The number of fused-ring (bicyclic) bond motifs is 2. The normalized spacial score (nSPS) is 13.9. The molecule has 0 fully saturated rings. The molecule has 1 aromatic carbocycles. The summed E-state index contributed by atoms with van der Waals surface area (Å²) in [5.41, 5.74) is 2.02. The SMILES string of the molecule is COc1ccc2cc3c(nc2c1)N(C(=O)C(C)C)CC3. The van der Waals surface area contributed by atoms with Gasteiger partial charge in [0.2, 0.25) is 5.91 Å². The van der Waals surface area contributed by atoms with Crippen LogP contribution in [0.1, 0.15) is 19.4 Å². The first kappa shape index (κ1) is 12.9. The summed E-state index contributed by atoms with van der Waals surface area (Å²) in [5.74, 6) is 1.72. The summed E-state index contributed by atoms with van der Waals surface area (Å²) in [6.07, 6.45) is 0.878. The third-order valence-corrected chi connectivity index (χ3v) is 3.70. The highest BCUT2D eigenvalue weighted by Crippen LogP contribution is 2.31. The van der Waals surface area contributed by atoms with Crippen LogP contribution in [0.2, 0.25) is 0 Å². The van der Waals surface area contributed by atoms with Gasteiger partial charge in [-0.2, -0.15) is 0 Å². The lowest BCUT2D eigenvalue weighted by molar-refractivity contribution is -0.121. The molecule has 20 heavy (non-hydrogen) atoms. The van der Waals surface area contributed by atoms with Crippen molar-refractivity contribution in [2.24, 2.45) is 5.92 Å². The van der Waals surface area contributed by atoms with Gasteiger partial charge in [0.25, 0.3) is 0 Å². The molecular formula is C16H18N2O2. The number of anilines is 1. The van der Waals surface area contributed by atoms with E-state index in [0.29, 0.717) is 0 Å². The summed E-state index contributed by atoms with van der Waals surface area (Å²) < 4.78 is 5.23. The Bertz CT molecular complexity index is 679. The number of hydrogen-bond donors (Lipinski definition) is 0. The third kappa shape index (κ3) is 2.01. The van der Waals surface area contributed by atoms with Gasteiger partial charge < -0.3 is 4.74 Å². The molecule has 0 unspecified atom stereocenters. The number of aromatic nitrogens is 1. The standard InChI is InChI=1S/C16H18N2O2/c1-10(2)16(19)18-7-6-12-8-11-4-5-13(20-3)9-14(11)17-15(12)18/h4-5,8-10H,6-7H2,1-3H3. The van der Waals surface area contributed by atoms with E-state index in [2.05, 4.69) is 11.1 Å². The fraction of sp³-hybridized carbons (Fsp3) is 0.375. The summed E-state index contributed by atoms with van der Waals surface area (Å²) in [7, 11) is 1.64. The predicted octanol–water partition coefficient (Wildman–Crippen LogP) is 2.79. The first-order chi connectivity index (χ1) is 9.60. The Morgan fingerprint density at radius 2 is 2.15 bits per heavy atom. The van der Waals surface area contributed by atoms with Crippen molar-refractivity contribution in [2.75, 3.05) is 18.6 Å². The van der Waals surface area contributed by atoms with E-state index in [1.165, 1.54) is 0 Å². The second-order valence-corrected chi connectivity index (χ2v) is 5.42. The van der Waals surface area contributed by atoms with E-state index in [9.17, 15) is 4.79 Å². The van der Waals surface area contributed by atoms with Crippen molar-refractivity contribution >= 4 is 22.6 Å². The van der Waals surface area contributed by atoms with Crippen LogP contribution in [0.3, 0.4) is 0 Å². The van der Waals surface area contributed by atoms with Gasteiger partial charge in [-0.05, 0) is 30.2 Å². The van der Waals surface area contributed by atoms with Gasteiger partial charge in [-0.25, -0.2) is 4.98 Å². The molecule has 0 aliphatic carbocycles. The van der Waals surface area contributed by atoms with Gasteiger partial charge in [0.1, 0.15) is 11.6 Å². The fourth-order valence-corrected chi connectivity index (χ4v) is 2.59. The van der Waals surface area contributed by atoms with Crippen molar-refractivity contribution in [1.29, 1.82) is 0 Å². The number of nitrogens with zero attached hydrogens (tertiary/aromatic N) is 2. The number of hydrogen-bond acceptors (Lipinski definition) is 3. The van der Waals surface area contributed by atoms with Crippen molar-refractivity contribution in [3.8, 4) is 5.75 Å². The van der Waals surface area contributed by atoms with E-state index in [1.807, 2.05) is 32.0 Å². The molecule has 1 aliphatic heterocycles. The van der Waals surface area contributed by atoms with E-state index in [1.54, 1.807) is 12.0 Å². The number of rotatable bonds is 2. The summed E-state index contributed by atoms with van der Waals surface area (Å²) in [5, 5.41) is 1.09. The quantitative estimate of drug-likeness (QED) is 0.842. The number of benzene rings is 1. The summed E-state index contributed by atoms with van der Waals surface area (Å²) in [6.45, 7) is 4.57.